The van der Waals surface area contributed by atoms with Crippen LogP contribution in [0.15, 0.2) is 12.7 Å². The number of nitrogens with zero attached hydrogens (tertiary/aromatic N) is 1. The minimum Gasteiger partial charge on any atom is -1.00 e. The van der Waals surface area contributed by atoms with Crippen LogP contribution in [0.25, 0.3) is 0 Å². The van der Waals surface area contributed by atoms with Crippen LogP contribution in [0, 0.1) is 0 Å². The van der Waals surface area contributed by atoms with Gasteiger partial charge in [-0.2, -0.15) is 0 Å². The van der Waals surface area contributed by atoms with Gasteiger partial charge in [-0.15, -0.1) is 0 Å². The van der Waals surface area contributed by atoms with Gasteiger partial charge < -0.3 is 21.5 Å². The fraction of sp³-hybridized carbons (Fsp3) is 0.920. The number of likely N-dealkylation sites (N-methyl/N-ethyl adjacent to an activating group) is 1. The summed E-state index contributed by atoms with van der Waals surface area (Å²) in [5, 5.41) is 0. The lowest BCUT2D eigenvalue weighted by atomic mass is 10.0. The Morgan fingerprint density at radius 1 is 0.556 bits per heavy atom. The van der Waals surface area contributed by atoms with E-state index in [0.29, 0.717) is 0 Å². The van der Waals surface area contributed by atoms with Crippen molar-refractivity contribution in [1.29, 1.82) is 0 Å². The molecular weight excluding hydrogens is 394 g/mol. The van der Waals surface area contributed by atoms with E-state index < -0.39 is 0 Å². The molecule has 0 atom stereocenters. The molecule has 0 bridgehead atoms. The van der Waals surface area contributed by atoms with Gasteiger partial charge in [0.1, 0.15) is 0 Å². The molecule has 0 rings (SSSR count). The lowest BCUT2D eigenvalue weighted by Gasteiger charge is -2.28. The predicted molar refractivity (Wildman–Crippen MR) is 121 cm³/mol. The smallest absolute Gasteiger partial charge is 0.0966 e. The van der Waals surface area contributed by atoms with Crippen molar-refractivity contribution in [2.75, 3.05) is 27.2 Å². The van der Waals surface area contributed by atoms with E-state index in [1.54, 1.807) is 0 Å². The first kappa shape index (κ1) is 29.4. The Balaban J connectivity index is 0. The maximum absolute atomic E-state index is 3.86. The molecule has 164 valence electrons. The van der Waals surface area contributed by atoms with Gasteiger partial charge in [-0.1, -0.05) is 116 Å². The highest BCUT2D eigenvalue weighted by atomic mass is 79.9. The largest absolute Gasteiger partial charge is 1.00 e. The Morgan fingerprint density at radius 3 is 1.15 bits per heavy atom. The van der Waals surface area contributed by atoms with Gasteiger partial charge in [0.05, 0.1) is 27.2 Å². The van der Waals surface area contributed by atoms with Gasteiger partial charge in [0, 0.05) is 0 Å². The van der Waals surface area contributed by atoms with Crippen molar-refractivity contribution >= 4 is 0 Å². The van der Waals surface area contributed by atoms with Crippen molar-refractivity contribution in [3.8, 4) is 0 Å². The first-order chi connectivity index (χ1) is 12.6. The quantitative estimate of drug-likeness (QED) is 0.128. The number of halogens is 1. The maximum Gasteiger partial charge on any atom is 0.0966 e. The molecule has 2 heteroatoms. The first-order valence-electron chi connectivity index (χ1n) is 12.1. The molecule has 0 spiro atoms. The van der Waals surface area contributed by atoms with E-state index in [0.717, 1.165) is 11.0 Å². The second kappa shape index (κ2) is 22.5. The number of quaternary nitrogens is 1. The van der Waals surface area contributed by atoms with Crippen molar-refractivity contribution < 1.29 is 21.5 Å². The Labute approximate surface area is 183 Å². The van der Waals surface area contributed by atoms with E-state index in [9.17, 15) is 0 Å². The lowest BCUT2D eigenvalue weighted by molar-refractivity contribution is -0.884. The van der Waals surface area contributed by atoms with E-state index in [2.05, 4.69) is 33.7 Å². The van der Waals surface area contributed by atoms with Crippen molar-refractivity contribution in [1.82, 2.24) is 0 Å². The van der Waals surface area contributed by atoms with Crippen LogP contribution in [0.3, 0.4) is 0 Å². The normalized spacial score (nSPS) is 11.4. The van der Waals surface area contributed by atoms with Gasteiger partial charge in [0.2, 0.25) is 0 Å². The summed E-state index contributed by atoms with van der Waals surface area (Å²) in [5.41, 5.74) is 0. The lowest BCUT2D eigenvalue weighted by Crippen LogP contribution is -3.00. The van der Waals surface area contributed by atoms with E-state index >= 15 is 0 Å². The molecule has 0 unspecified atom stereocenters. The standard InChI is InChI=1S/C25H52N.BrH/c1-5-7-8-9-10-11-12-13-14-15-16-17-18-19-20-21-22-23-25-26(3,4)24-6-2;/h6H,2,5,7-25H2,1,3-4H3;1H/q+1;/p-1. The summed E-state index contributed by atoms with van der Waals surface area (Å²) >= 11 is 0. The third-order valence-corrected chi connectivity index (χ3v) is 5.74. The molecule has 0 N–H and O–H groups in total. The molecule has 0 amide bonds. The third kappa shape index (κ3) is 24.1. The molecule has 0 fully saturated rings. The third-order valence-electron chi connectivity index (χ3n) is 5.74. The maximum atomic E-state index is 3.86. The number of hydrogen-bond acceptors (Lipinski definition) is 0. The van der Waals surface area contributed by atoms with E-state index in [1.807, 2.05) is 0 Å². The highest BCUT2D eigenvalue weighted by molar-refractivity contribution is 4.64. The summed E-state index contributed by atoms with van der Waals surface area (Å²) in [6, 6.07) is 0. The molecule has 0 heterocycles. The molecule has 0 saturated heterocycles. The first-order valence-corrected chi connectivity index (χ1v) is 12.1. The van der Waals surface area contributed by atoms with Crippen LogP contribution in [-0.4, -0.2) is 31.7 Å². The summed E-state index contributed by atoms with van der Waals surface area (Å²) in [6.45, 7) is 8.55. The fourth-order valence-corrected chi connectivity index (χ4v) is 3.88. The Hall–Kier alpha value is 0.180. The van der Waals surface area contributed by atoms with Crippen LogP contribution in [0.4, 0.5) is 0 Å². The zero-order valence-electron chi connectivity index (χ0n) is 19.3. The van der Waals surface area contributed by atoms with Crippen LogP contribution in [0.1, 0.15) is 122 Å². The van der Waals surface area contributed by atoms with Crippen molar-refractivity contribution in [2.24, 2.45) is 0 Å². The Bertz CT molecular complexity index is 288. The number of hydrogen-bond donors (Lipinski definition) is 0. The molecule has 0 saturated carbocycles. The summed E-state index contributed by atoms with van der Waals surface area (Å²) in [5.74, 6) is 0. The van der Waals surface area contributed by atoms with Gasteiger partial charge in [-0.25, -0.2) is 0 Å². The van der Waals surface area contributed by atoms with Crippen molar-refractivity contribution in [3.63, 3.8) is 0 Å². The van der Waals surface area contributed by atoms with Crippen LogP contribution in [-0.2, 0) is 0 Å². The Kier molecular flexibility index (Phi) is 24.5. The van der Waals surface area contributed by atoms with Crippen LogP contribution < -0.4 is 17.0 Å². The molecule has 0 radical (unpaired) electrons. The van der Waals surface area contributed by atoms with E-state index in [1.165, 1.54) is 122 Å². The molecule has 0 aromatic carbocycles. The number of unbranched alkanes of at least 4 members (excludes halogenated alkanes) is 17. The van der Waals surface area contributed by atoms with Gasteiger partial charge in [-0.05, 0) is 18.9 Å². The fourth-order valence-electron chi connectivity index (χ4n) is 3.88. The minimum absolute atomic E-state index is 0. The molecule has 0 aromatic heterocycles. The van der Waals surface area contributed by atoms with E-state index in [-0.39, 0.29) is 17.0 Å². The highest BCUT2D eigenvalue weighted by Crippen LogP contribution is 2.14. The molecule has 27 heavy (non-hydrogen) atoms. The second-order valence-corrected chi connectivity index (χ2v) is 9.14. The average Bonchev–Trinajstić information content (AvgIpc) is 2.60. The van der Waals surface area contributed by atoms with Crippen molar-refractivity contribution in [3.05, 3.63) is 12.7 Å². The summed E-state index contributed by atoms with van der Waals surface area (Å²) < 4.78 is 1.10. The van der Waals surface area contributed by atoms with Crippen LogP contribution in [0.2, 0.25) is 0 Å². The molecule has 0 aliphatic carbocycles. The van der Waals surface area contributed by atoms with Crippen LogP contribution in [0.5, 0.6) is 0 Å². The van der Waals surface area contributed by atoms with Gasteiger partial charge in [-0.3, -0.25) is 0 Å². The van der Waals surface area contributed by atoms with Gasteiger partial charge in [0.15, 0.2) is 0 Å². The predicted octanol–water partition coefficient (Wildman–Crippen LogP) is 5.29. The molecule has 0 aromatic rings. The monoisotopic (exact) mass is 445 g/mol. The summed E-state index contributed by atoms with van der Waals surface area (Å²) in [7, 11) is 4.63. The van der Waals surface area contributed by atoms with E-state index in [4.69, 9.17) is 0 Å². The second-order valence-electron chi connectivity index (χ2n) is 9.14. The summed E-state index contributed by atoms with van der Waals surface area (Å²) in [4.78, 5) is 0. The Morgan fingerprint density at radius 2 is 0.852 bits per heavy atom. The van der Waals surface area contributed by atoms with Gasteiger partial charge in [0.25, 0.3) is 0 Å². The molecular formula is C25H52BrN. The molecule has 0 aliphatic heterocycles. The zero-order valence-corrected chi connectivity index (χ0v) is 20.8. The van der Waals surface area contributed by atoms with Gasteiger partial charge >= 0.3 is 0 Å². The van der Waals surface area contributed by atoms with Crippen LogP contribution >= 0.6 is 0 Å². The average molecular weight is 447 g/mol. The topological polar surface area (TPSA) is 0 Å². The zero-order chi connectivity index (χ0) is 19.3. The molecule has 1 nitrogen and oxygen atoms in total. The molecule has 0 aliphatic rings. The SMILES string of the molecule is C=CC[N+](C)(C)CCCCCCCCCCCCCCCCCCCC.[Br-]. The highest BCUT2D eigenvalue weighted by Gasteiger charge is 2.11. The van der Waals surface area contributed by atoms with Crippen molar-refractivity contribution in [2.45, 2.75) is 122 Å². The number of rotatable bonds is 21. The minimum atomic E-state index is 0. The summed E-state index contributed by atoms with van der Waals surface area (Å²) in [6.07, 6.45) is 28.2.